The number of aromatic nitrogens is 1. The monoisotopic (exact) mass is 184 g/mol. The molecule has 0 unspecified atom stereocenters. The highest BCUT2D eigenvalue weighted by molar-refractivity contribution is 5.85. The summed E-state index contributed by atoms with van der Waals surface area (Å²) in [5, 5.41) is 1.05. The lowest BCUT2D eigenvalue weighted by Crippen LogP contribution is -1.82. The topological polar surface area (TPSA) is 42.3 Å². The Balaban J connectivity index is 2.81. The Morgan fingerprint density at radius 1 is 1.36 bits per heavy atom. The Kier molecular flexibility index (Phi) is 2.09. The summed E-state index contributed by atoms with van der Waals surface area (Å²) in [5.41, 5.74) is 2.42. The van der Waals surface area contributed by atoms with Crippen LogP contribution in [-0.2, 0) is 4.79 Å². The maximum absolute atomic E-state index is 10.2. The maximum atomic E-state index is 10.2. The molecule has 14 heavy (non-hydrogen) atoms. The minimum Gasteiger partial charge on any atom is -0.256 e. The molecule has 0 bridgehead atoms. The molecule has 0 fully saturated rings. The summed E-state index contributed by atoms with van der Waals surface area (Å²) in [4.78, 5) is 18.0. The molecular formula is C11H8N2O. The molecule has 0 atom stereocenters. The van der Waals surface area contributed by atoms with Crippen LogP contribution in [0.1, 0.15) is 5.56 Å². The quantitative estimate of drug-likeness (QED) is 0.504. The lowest BCUT2D eigenvalue weighted by Gasteiger charge is -2.02. The van der Waals surface area contributed by atoms with Gasteiger partial charge in [0, 0.05) is 17.1 Å². The summed E-state index contributed by atoms with van der Waals surface area (Å²) in [5.74, 6) is 0. The third-order valence-electron chi connectivity index (χ3n) is 2.17. The van der Waals surface area contributed by atoms with Crippen molar-refractivity contribution < 1.29 is 4.79 Å². The second-order valence-electron chi connectivity index (χ2n) is 2.99. The Labute approximate surface area is 81.1 Å². The number of aryl methyl sites for hydroxylation is 1. The van der Waals surface area contributed by atoms with Crippen LogP contribution in [0.2, 0.25) is 0 Å². The molecule has 3 nitrogen and oxygen atoms in total. The van der Waals surface area contributed by atoms with Crippen LogP contribution in [-0.4, -0.2) is 11.1 Å². The van der Waals surface area contributed by atoms with E-state index in [1.165, 1.54) is 6.08 Å². The Hall–Kier alpha value is -1.99. The number of hydrogen-bond acceptors (Lipinski definition) is 3. The number of hydrogen-bond donors (Lipinski definition) is 0. The zero-order valence-electron chi connectivity index (χ0n) is 7.69. The zero-order chi connectivity index (χ0) is 9.97. The molecule has 2 rings (SSSR count). The highest BCUT2D eigenvalue weighted by Gasteiger charge is 2.02. The van der Waals surface area contributed by atoms with Crippen LogP contribution in [0.5, 0.6) is 0 Å². The number of benzene rings is 1. The smallest absolute Gasteiger partial charge is 0.240 e. The molecule has 1 aromatic carbocycles. The van der Waals surface area contributed by atoms with E-state index in [2.05, 4.69) is 9.98 Å². The molecule has 0 N–H and O–H groups in total. The maximum Gasteiger partial charge on any atom is 0.240 e. The number of rotatable bonds is 1. The average molecular weight is 184 g/mol. The molecule has 1 aromatic heterocycles. The van der Waals surface area contributed by atoms with Crippen LogP contribution in [0.4, 0.5) is 5.69 Å². The number of pyridine rings is 1. The van der Waals surface area contributed by atoms with Crippen LogP contribution in [0.3, 0.4) is 0 Å². The van der Waals surface area contributed by atoms with Crippen molar-refractivity contribution in [1.82, 2.24) is 4.98 Å². The summed E-state index contributed by atoms with van der Waals surface area (Å²) >= 11 is 0. The van der Waals surface area contributed by atoms with Gasteiger partial charge in [0.05, 0.1) is 11.2 Å². The van der Waals surface area contributed by atoms with Gasteiger partial charge >= 0.3 is 0 Å². The number of isocyanates is 1. The largest absolute Gasteiger partial charge is 0.256 e. The van der Waals surface area contributed by atoms with Crippen LogP contribution < -0.4 is 0 Å². The normalized spacial score (nSPS) is 9.79. The van der Waals surface area contributed by atoms with Gasteiger partial charge in [-0.1, -0.05) is 12.1 Å². The van der Waals surface area contributed by atoms with Crippen LogP contribution in [0.25, 0.3) is 10.9 Å². The number of nitrogens with zero attached hydrogens (tertiary/aromatic N) is 2. The zero-order valence-corrected chi connectivity index (χ0v) is 7.69. The van der Waals surface area contributed by atoms with E-state index in [4.69, 9.17) is 0 Å². The molecule has 0 radical (unpaired) electrons. The van der Waals surface area contributed by atoms with Gasteiger partial charge in [0.2, 0.25) is 6.08 Å². The first-order chi connectivity index (χ1) is 6.83. The van der Waals surface area contributed by atoms with Gasteiger partial charge < -0.3 is 0 Å². The summed E-state index contributed by atoms with van der Waals surface area (Å²) in [6.45, 7) is 1.89. The minimum atomic E-state index is 0.631. The molecular weight excluding hydrogens is 176 g/mol. The first kappa shape index (κ1) is 8.60. The second-order valence-corrected chi connectivity index (χ2v) is 2.99. The minimum absolute atomic E-state index is 0.631. The molecule has 0 saturated carbocycles. The lowest BCUT2D eigenvalue weighted by atomic mass is 10.1. The molecule has 0 aliphatic heterocycles. The van der Waals surface area contributed by atoms with Gasteiger partial charge in [-0.2, -0.15) is 4.99 Å². The van der Waals surface area contributed by atoms with Gasteiger partial charge in [-0.15, -0.1) is 0 Å². The number of carbonyl (C=O) groups excluding carboxylic acids is 1. The summed E-state index contributed by atoms with van der Waals surface area (Å²) in [6, 6.07) is 7.55. The number of aliphatic imine (C=N–C) groups is 1. The SMILES string of the molecule is Cc1c(N=C=O)ccc2cccnc12. The average Bonchev–Trinajstić information content (AvgIpc) is 2.23. The third kappa shape index (κ3) is 1.30. The first-order valence-electron chi connectivity index (χ1n) is 4.25. The van der Waals surface area contributed by atoms with Crippen molar-refractivity contribution >= 4 is 22.7 Å². The van der Waals surface area contributed by atoms with Gasteiger partial charge in [-0.05, 0) is 19.1 Å². The summed E-state index contributed by atoms with van der Waals surface area (Å²) < 4.78 is 0. The van der Waals surface area contributed by atoms with Crippen molar-refractivity contribution in [3.05, 3.63) is 36.0 Å². The van der Waals surface area contributed by atoms with E-state index in [1.807, 2.05) is 25.1 Å². The summed E-state index contributed by atoms with van der Waals surface area (Å²) in [6.07, 6.45) is 3.26. The predicted molar refractivity (Wildman–Crippen MR) is 54.3 cm³/mol. The highest BCUT2D eigenvalue weighted by Crippen LogP contribution is 2.25. The molecule has 1 heterocycles. The van der Waals surface area contributed by atoms with E-state index < -0.39 is 0 Å². The Morgan fingerprint density at radius 2 is 2.21 bits per heavy atom. The van der Waals surface area contributed by atoms with E-state index in [0.717, 1.165) is 16.5 Å². The van der Waals surface area contributed by atoms with Gasteiger partial charge in [0.15, 0.2) is 0 Å². The van der Waals surface area contributed by atoms with Gasteiger partial charge in [0.1, 0.15) is 0 Å². The van der Waals surface area contributed by atoms with E-state index in [-0.39, 0.29) is 0 Å². The molecule has 68 valence electrons. The van der Waals surface area contributed by atoms with Gasteiger partial charge in [-0.3, -0.25) is 4.98 Å². The van der Waals surface area contributed by atoms with Crippen LogP contribution in [0, 0.1) is 6.92 Å². The molecule has 0 aliphatic rings. The fourth-order valence-corrected chi connectivity index (χ4v) is 1.45. The third-order valence-corrected chi connectivity index (χ3v) is 2.17. The molecule has 0 spiro atoms. The molecule has 2 aromatic rings. The van der Waals surface area contributed by atoms with Gasteiger partial charge in [0.25, 0.3) is 0 Å². The molecule has 3 heteroatoms. The Morgan fingerprint density at radius 3 is 3.00 bits per heavy atom. The predicted octanol–water partition coefficient (Wildman–Crippen LogP) is 2.51. The van der Waals surface area contributed by atoms with Crippen molar-refractivity contribution in [3.8, 4) is 0 Å². The van der Waals surface area contributed by atoms with E-state index in [1.54, 1.807) is 12.3 Å². The Bertz CT molecular complexity index is 528. The lowest BCUT2D eigenvalue weighted by molar-refractivity contribution is 0.565. The fraction of sp³-hybridized carbons (Fsp3) is 0.0909. The van der Waals surface area contributed by atoms with Crippen molar-refractivity contribution in [2.24, 2.45) is 4.99 Å². The fourth-order valence-electron chi connectivity index (χ4n) is 1.45. The highest BCUT2D eigenvalue weighted by atomic mass is 16.1. The number of fused-ring (bicyclic) bond motifs is 1. The standard InChI is InChI=1S/C11H8N2O/c1-8-10(13-7-14)5-4-9-3-2-6-12-11(8)9/h2-6H,1H3. The van der Waals surface area contributed by atoms with E-state index in [9.17, 15) is 4.79 Å². The van der Waals surface area contributed by atoms with E-state index >= 15 is 0 Å². The molecule has 0 saturated heterocycles. The molecule has 0 aliphatic carbocycles. The summed E-state index contributed by atoms with van der Waals surface area (Å²) in [7, 11) is 0. The van der Waals surface area contributed by atoms with E-state index in [0.29, 0.717) is 5.69 Å². The van der Waals surface area contributed by atoms with Crippen LogP contribution in [0.15, 0.2) is 35.5 Å². The van der Waals surface area contributed by atoms with Crippen molar-refractivity contribution in [2.75, 3.05) is 0 Å². The van der Waals surface area contributed by atoms with Gasteiger partial charge in [-0.25, -0.2) is 4.79 Å². The van der Waals surface area contributed by atoms with Crippen molar-refractivity contribution in [1.29, 1.82) is 0 Å². The van der Waals surface area contributed by atoms with Crippen molar-refractivity contribution in [3.63, 3.8) is 0 Å². The van der Waals surface area contributed by atoms with Crippen LogP contribution >= 0.6 is 0 Å². The van der Waals surface area contributed by atoms with Crippen molar-refractivity contribution in [2.45, 2.75) is 6.92 Å². The second kappa shape index (κ2) is 3.40. The first-order valence-corrected chi connectivity index (χ1v) is 4.25. The molecule has 0 amide bonds.